The minimum absolute atomic E-state index is 0.110. The Morgan fingerprint density at radius 2 is 2.20 bits per heavy atom. The lowest BCUT2D eigenvalue weighted by Gasteiger charge is -2.34. The predicted octanol–water partition coefficient (Wildman–Crippen LogP) is 3.30. The number of benzene rings is 1. The van der Waals surface area contributed by atoms with Crippen LogP contribution in [-0.4, -0.2) is 25.2 Å². The smallest absolute Gasteiger partial charge is 0.251 e. The Bertz CT molecular complexity index is 492. The number of rotatable bonds is 3. The fraction of sp³-hybridized carbons (Fsp3) is 0.533. The molecule has 1 heterocycles. The highest BCUT2D eigenvalue weighted by atomic mass is 35.5. The maximum Gasteiger partial charge on any atom is 0.251 e. The zero-order valence-electron chi connectivity index (χ0n) is 12.0. The van der Waals surface area contributed by atoms with Crippen LogP contribution in [0.15, 0.2) is 18.2 Å². The number of hydrogen-bond donors (Lipinski definition) is 1. The first-order valence-corrected chi connectivity index (χ1v) is 7.25. The van der Waals surface area contributed by atoms with E-state index in [0.29, 0.717) is 16.1 Å². The van der Waals surface area contributed by atoms with Crippen molar-refractivity contribution in [2.45, 2.75) is 45.2 Å². The normalized spacial score (nSPS) is 26.3. The van der Waals surface area contributed by atoms with E-state index in [-0.39, 0.29) is 18.1 Å². The molecule has 2 rings (SSSR count). The average Bonchev–Trinajstić information content (AvgIpc) is 2.46. The number of ether oxygens (including phenoxy) is 2. The summed E-state index contributed by atoms with van der Waals surface area (Å²) in [4.78, 5) is 11.7. The molecule has 0 saturated carbocycles. The van der Waals surface area contributed by atoms with Gasteiger partial charge in [0.05, 0.1) is 12.2 Å². The second-order valence-corrected chi connectivity index (χ2v) is 5.40. The number of carbonyl (C=O) groups is 1. The molecule has 0 bridgehead atoms. The van der Waals surface area contributed by atoms with Crippen molar-refractivity contribution in [3.63, 3.8) is 0 Å². The summed E-state index contributed by atoms with van der Waals surface area (Å²) in [5.41, 5.74) is 1.25. The summed E-state index contributed by atoms with van der Waals surface area (Å²) in [7, 11) is 1.60. The van der Waals surface area contributed by atoms with Gasteiger partial charge in [0.15, 0.2) is 6.29 Å². The molecule has 1 aliphatic rings. The van der Waals surface area contributed by atoms with Crippen LogP contribution in [0.2, 0.25) is 5.02 Å². The summed E-state index contributed by atoms with van der Waals surface area (Å²) in [5, 5.41) is 3.14. The number of amides is 1. The first-order valence-electron chi connectivity index (χ1n) is 6.87. The first-order chi connectivity index (χ1) is 9.55. The van der Waals surface area contributed by atoms with E-state index in [0.717, 1.165) is 12.8 Å². The molecular formula is C15H20ClNO3. The Morgan fingerprint density at radius 1 is 1.45 bits per heavy atom. The van der Waals surface area contributed by atoms with Gasteiger partial charge in [-0.1, -0.05) is 18.5 Å². The molecule has 0 aromatic heterocycles. The van der Waals surface area contributed by atoms with Crippen LogP contribution in [0.4, 0.5) is 0 Å². The molecule has 1 aromatic rings. The first kappa shape index (κ1) is 15.3. The van der Waals surface area contributed by atoms with Crippen LogP contribution in [0.1, 0.15) is 48.9 Å². The lowest BCUT2D eigenvalue weighted by Crippen LogP contribution is -2.32. The molecule has 1 aromatic carbocycles. The SMILES string of the molecule is CCC1CC(C)OC(c2cc(C(=O)NC)ccc2Cl)O1. The zero-order valence-corrected chi connectivity index (χ0v) is 12.7. The van der Waals surface area contributed by atoms with Crippen molar-refractivity contribution in [3.05, 3.63) is 34.3 Å². The maximum atomic E-state index is 11.7. The van der Waals surface area contributed by atoms with Gasteiger partial charge in [-0.15, -0.1) is 0 Å². The van der Waals surface area contributed by atoms with E-state index in [1.54, 1.807) is 25.2 Å². The Labute approximate surface area is 124 Å². The molecule has 0 aliphatic carbocycles. The summed E-state index contributed by atoms with van der Waals surface area (Å²) in [6.45, 7) is 4.11. The van der Waals surface area contributed by atoms with Crippen LogP contribution >= 0.6 is 11.6 Å². The molecule has 3 unspecified atom stereocenters. The zero-order chi connectivity index (χ0) is 14.7. The average molecular weight is 298 g/mol. The van der Waals surface area contributed by atoms with E-state index in [2.05, 4.69) is 12.2 Å². The van der Waals surface area contributed by atoms with Crippen molar-refractivity contribution in [1.29, 1.82) is 0 Å². The minimum Gasteiger partial charge on any atom is -0.355 e. The standard InChI is InChI=1S/C15H20ClNO3/c1-4-11-7-9(2)19-15(20-11)12-8-10(14(18)17-3)5-6-13(12)16/h5-6,8-9,11,15H,4,7H2,1-3H3,(H,17,18). The Balaban J connectivity index is 2.28. The van der Waals surface area contributed by atoms with E-state index in [9.17, 15) is 4.79 Å². The lowest BCUT2D eigenvalue weighted by molar-refractivity contribution is -0.243. The van der Waals surface area contributed by atoms with Crippen LogP contribution in [0.3, 0.4) is 0 Å². The maximum absolute atomic E-state index is 11.7. The van der Waals surface area contributed by atoms with Gasteiger partial charge in [0.2, 0.25) is 0 Å². The Kier molecular flexibility index (Phi) is 5.02. The van der Waals surface area contributed by atoms with Crippen molar-refractivity contribution >= 4 is 17.5 Å². The largest absolute Gasteiger partial charge is 0.355 e. The quantitative estimate of drug-likeness (QED) is 0.931. The summed E-state index contributed by atoms with van der Waals surface area (Å²) >= 11 is 6.22. The van der Waals surface area contributed by atoms with E-state index >= 15 is 0 Å². The van der Waals surface area contributed by atoms with Crippen LogP contribution in [0.5, 0.6) is 0 Å². The van der Waals surface area contributed by atoms with Crippen LogP contribution in [0.25, 0.3) is 0 Å². The molecule has 0 radical (unpaired) electrons. The van der Waals surface area contributed by atoms with Crippen LogP contribution < -0.4 is 5.32 Å². The van der Waals surface area contributed by atoms with Crippen LogP contribution in [0, 0.1) is 0 Å². The predicted molar refractivity (Wildman–Crippen MR) is 77.9 cm³/mol. The highest BCUT2D eigenvalue weighted by molar-refractivity contribution is 6.31. The fourth-order valence-electron chi connectivity index (χ4n) is 2.32. The molecule has 1 fully saturated rings. The molecule has 1 amide bonds. The van der Waals surface area contributed by atoms with Crippen molar-refractivity contribution in [2.75, 3.05) is 7.05 Å². The van der Waals surface area contributed by atoms with Crippen molar-refractivity contribution in [1.82, 2.24) is 5.32 Å². The number of hydrogen-bond acceptors (Lipinski definition) is 3. The number of nitrogens with one attached hydrogen (secondary N) is 1. The fourth-order valence-corrected chi connectivity index (χ4v) is 2.53. The van der Waals surface area contributed by atoms with Gasteiger partial charge in [-0.25, -0.2) is 0 Å². The molecule has 1 N–H and O–H groups in total. The summed E-state index contributed by atoms with van der Waals surface area (Å²) < 4.78 is 11.7. The molecule has 1 aliphatic heterocycles. The second kappa shape index (κ2) is 6.57. The van der Waals surface area contributed by atoms with Gasteiger partial charge >= 0.3 is 0 Å². The topological polar surface area (TPSA) is 47.6 Å². The molecule has 4 nitrogen and oxygen atoms in total. The number of halogens is 1. The molecule has 3 atom stereocenters. The van der Waals surface area contributed by atoms with Gasteiger partial charge in [0.25, 0.3) is 5.91 Å². The Morgan fingerprint density at radius 3 is 2.85 bits per heavy atom. The van der Waals surface area contributed by atoms with Gasteiger partial charge in [0, 0.05) is 23.2 Å². The molecule has 110 valence electrons. The van der Waals surface area contributed by atoms with Gasteiger partial charge in [-0.3, -0.25) is 4.79 Å². The van der Waals surface area contributed by atoms with Crippen molar-refractivity contribution in [3.8, 4) is 0 Å². The van der Waals surface area contributed by atoms with Crippen molar-refractivity contribution in [2.24, 2.45) is 0 Å². The third kappa shape index (κ3) is 3.32. The van der Waals surface area contributed by atoms with Gasteiger partial charge in [-0.2, -0.15) is 0 Å². The third-order valence-electron chi connectivity index (χ3n) is 3.46. The van der Waals surface area contributed by atoms with Crippen molar-refractivity contribution < 1.29 is 14.3 Å². The lowest BCUT2D eigenvalue weighted by atomic mass is 10.1. The highest BCUT2D eigenvalue weighted by Crippen LogP contribution is 2.34. The summed E-state index contributed by atoms with van der Waals surface area (Å²) in [5.74, 6) is -0.154. The molecular weight excluding hydrogens is 278 g/mol. The minimum atomic E-state index is -0.513. The third-order valence-corrected chi connectivity index (χ3v) is 3.81. The monoisotopic (exact) mass is 297 g/mol. The molecule has 0 spiro atoms. The van der Waals surface area contributed by atoms with E-state index in [1.807, 2.05) is 6.92 Å². The van der Waals surface area contributed by atoms with Gasteiger partial charge in [-0.05, 0) is 38.0 Å². The van der Waals surface area contributed by atoms with E-state index in [1.165, 1.54) is 0 Å². The van der Waals surface area contributed by atoms with E-state index < -0.39 is 6.29 Å². The molecule has 5 heteroatoms. The Hall–Kier alpha value is -1.10. The van der Waals surface area contributed by atoms with Crippen LogP contribution in [-0.2, 0) is 9.47 Å². The van der Waals surface area contributed by atoms with Gasteiger partial charge in [0.1, 0.15) is 0 Å². The van der Waals surface area contributed by atoms with E-state index in [4.69, 9.17) is 21.1 Å². The highest BCUT2D eigenvalue weighted by Gasteiger charge is 2.29. The summed E-state index contributed by atoms with van der Waals surface area (Å²) in [6, 6.07) is 5.12. The number of carbonyl (C=O) groups excluding carboxylic acids is 1. The molecule has 20 heavy (non-hydrogen) atoms. The second-order valence-electron chi connectivity index (χ2n) is 5.00. The van der Waals surface area contributed by atoms with Gasteiger partial charge < -0.3 is 14.8 Å². The summed E-state index contributed by atoms with van der Waals surface area (Å²) in [6.07, 6.45) is 1.55. The molecule has 1 saturated heterocycles.